The molecule has 1 atom stereocenters. The summed E-state index contributed by atoms with van der Waals surface area (Å²) < 4.78 is 33.3. The number of amides is 2. The first-order valence-electron chi connectivity index (χ1n) is 14.8. The van der Waals surface area contributed by atoms with Gasteiger partial charge in [-0.1, -0.05) is 84.4 Å². The highest BCUT2D eigenvalue weighted by Crippen LogP contribution is 2.27. The molecule has 5 rings (SSSR count). The van der Waals surface area contributed by atoms with Crippen LogP contribution in [0.5, 0.6) is 5.75 Å². The Bertz CT molecular complexity index is 1710. The molecule has 1 saturated carbocycles. The van der Waals surface area contributed by atoms with Gasteiger partial charge in [-0.3, -0.25) is 9.59 Å². The molecular weight excluding hydrogens is 610 g/mol. The van der Waals surface area contributed by atoms with Gasteiger partial charge in [-0.25, -0.2) is 13.1 Å². The van der Waals surface area contributed by atoms with Gasteiger partial charge in [0.25, 0.3) is 0 Å². The lowest BCUT2D eigenvalue weighted by Gasteiger charge is -2.32. The van der Waals surface area contributed by atoms with Crippen molar-refractivity contribution in [1.82, 2.24) is 14.9 Å². The molecule has 2 N–H and O–H groups in total. The van der Waals surface area contributed by atoms with E-state index in [2.05, 4.69) is 10.0 Å². The van der Waals surface area contributed by atoms with E-state index in [4.69, 9.17) is 16.3 Å². The highest BCUT2D eigenvalue weighted by molar-refractivity contribution is 7.89. The van der Waals surface area contributed by atoms with Crippen molar-refractivity contribution in [2.45, 2.75) is 55.8 Å². The van der Waals surface area contributed by atoms with E-state index in [0.717, 1.165) is 29.5 Å². The predicted molar refractivity (Wildman–Crippen MR) is 174 cm³/mol. The second kappa shape index (κ2) is 14.7. The predicted octanol–water partition coefficient (Wildman–Crippen LogP) is 5.81. The fourth-order valence-corrected chi connectivity index (χ4v) is 6.50. The van der Waals surface area contributed by atoms with Crippen molar-refractivity contribution in [3.63, 3.8) is 0 Å². The van der Waals surface area contributed by atoms with Crippen LogP contribution in [0.25, 0.3) is 0 Å². The molecule has 1 aliphatic rings. The number of benzene rings is 4. The van der Waals surface area contributed by atoms with Crippen molar-refractivity contribution < 1.29 is 22.7 Å². The van der Waals surface area contributed by atoms with Gasteiger partial charge in [0.2, 0.25) is 21.8 Å². The van der Waals surface area contributed by atoms with Gasteiger partial charge in [-0.15, -0.1) is 0 Å². The number of carbonyl (C=O) groups is 2. The van der Waals surface area contributed by atoms with Crippen LogP contribution in [-0.4, -0.2) is 38.3 Å². The van der Waals surface area contributed by atoms with Crippen LogP contribution in [-0.2, 0) is 39.1 Å². The number of hydrogen-bond donors (Lipinski definition) is 2. The molecule has 1 fully saturated rings. The SMILES string of the molecule is COc1ccccc1CNC(=O)C(c1ccccc1)N(Cc1ccc(Cl)cc1)C(=O)CCc1ccc(S(=O)(=O)NC2CC2)cc1. The van der Waals surface area contributed by atoms with Crippen LogP contribution in [0, 0.1) is 0 Å². The van der Waals surface area contributed by atoms with Gasteiger partial charge in [0.05, 0.1) is 12.0 Å². The molecule has 4 aromatic carbocycles. The van der Waals surface area contributed by atoms with Gasteiger partial charge in [0, 0.05) is 36.1 Å². The van der Waals surface area contributed by atoms with E-state index in [1.54, 1.807) is 48.4 Å². The molecule has 45 heavy (non-hydrogen) atoms. The van der Waals surface area contributed by atoms with Gasteiger partial charge in [-0.05, 0) is 66.3 Å². The highest BCUT2D eigenvalue weighted by Gasteiger charge is 2.32. The van der Waals surface area contributed by atoms with Gasteiger partial charge in [0.15, 0.2) is 0 Å². The molecule has 1 aliphatic carbocycles. The molecule has 234 valence electrons. The van der Waals surface area contributed by atoms with E-state index in [-0.39, 0.29) is 42.3 Å². The van der Waals surface area contributed by atoms with Gasteiger partial charge in [-0.2, -0.15) is 0 Å². The van der Waals surface area contributed by atoms with Crippen LogP contribution in [0.2, 0.25) is 5.02 Å². The summed E-state index contributed by atoms with van der Waals surface area (Å²) in [4.78, 5) is 29.8. The van der Waals surface area contributed by atoms with Crippen LogP contribution in [0.4, 0.5) is 0 Å². The average molecular weight is 646 g/mol. The van der Waals surface area contributed by atoms with Crippen molar-refractivity contribution in [3.05, 3.63) is 130 Å². The second-order valence-electron chi connectivity index (χ2n) is 11.0. The van der Waals surface area contributed by atoms with Crippen molar-refractivity contribution in [3.8, 4) is 5.75 Å². The van der Waals surface area contributed by atoms with Crippen LogP contribution in [0.1, 0.15) is 47.6 Å². The molecular formula is C35H36ClN3O5S. The number of halogens is 1. The average Bonchev–Trinajstić information content (AvgIpc) is 3.87. The molecule has 0 saturated heterocycles. The minimum absolute atomic E-state index is 0.0170. The Kier molecular flexibility index (Phi) is 10.5. The lowest BCUT2D eigenvalue weighted by Crippen LogP contribution is -2.43. The van der Waals surface area contributed by atoms with Crippen molar-refractivity contribution >= 4 is 33.4 Å². The first-order chi connectivity index (χ1) is 21.7. The zero-order chi connectivity index (χ0) is 31.8. The molecule has 10 heteroatoms. The molecule has 1 unspecified atom stereocenters. The second-order valence-corrected chi connectivity index (χ2v) is 13.2. The van der Waals surface area contributed by atoms with Crippen molar-refractivity contribution in [2.24, 2.45) is 0 Å². The Hall–Kier alpha value is -4.18. The normalized spacial score (nSPS) is 13.6. The van der Waals surface area contributed by atoms with Gasteiger partial charge < -0.3 is 15.0 Å². The standard InChI is InChI=1S/C35H36ClN3O5S/c1-44-32-10-6-5-9-28(32)23-37-35(41)34(27-7-3-2-4-8-27)39(24-26-11-16-29(36)17-12-26)33(40)22-15-25-13-20-31(21-14-25)45(42,43)38-30-18-19-30/h2-14,16-17,20-21,30,34,38H,15,18-19,22-24H2,1H3,(H,37,41). The summed E-state index contributed by atoms with van der Waals surface area (Å²) in [6.45, 7) is 0.404. The third-order valence-electron chi connectivity index (χ3n) is 7.67. The number of rotatable bonds is 14. The number of hydrogen-bond acceptors (Lipinski definition) is 5. The molecule has 0 aliphatic heterocycles. The van der Waals surface area contributed by atoms with E-state index >= 15 is 0 Å². The third kappa shape index (κ3) is 8.72. The topological polar surface area (TPSA) is 105 Å². The minimum atomic E-state index is -3.56. The fourth-order valence-electron chi connectivity index (χ4n) is 5.06. The zero-order valence-corrected chi connectivity index (χ0v) is 26.6. The lowest BCUT2D eigenvalue weighted by molar-refractivity contribution is -0.141. The summed E-state index contributed by atoms with van der Waals surface area (Å²) in [6.07, 6.45) is 2.20. The number of nitrogens with zero attached hydrogens (tertiary/aromatic N) is 1. The van der Waals surface area contributed by atoms with Gasteiger partial charge in [0.1, 0.15) is 11.8 Å². The summed E-state index contributed by atoms with van der Waals surface area (Å²) in [5.41, 5.74) is 3.13. The Labute approximate surface area is 269 Å². The molecule has 2 amide bonds. The number of para-hydroxylation sites is 1. The fraction of sp³-hybridized carbons (Fsp3) is 0.257. The maximum absolute atomic E-state index is 14.0. The van der Waals surface area contributed by atoms with Crippen LogP contribution >= 0.6 is 11.6 Å². The Morgan fingerprint density at radius 2 is 1.53 bits per heavy atom. The van der Waals surface area contributed by atoms with Crippen molar-refractivity contribution in [2.75, 3.05) is 7.11 Å². The quantitative estimate of drug-likeness (QED) is 0.180. The zero-order valence-electron chi connectivity index (χ0n) is 25.0. The largest absolute Gasteiger partial charge is 0.496 e. The molecule has 0 heterocycles. The Morgan fingerprint density at radius 3 is 2.20 bits per heavy atom. The van der Waals surface area contributed by atoms with E-state index in [1.807, 2.05) is 66.7 Å². The number of ether oxygens (including phenoxy) is 1. The van der Waals surface area contributed by atoms with E-state index in [0.29, 0.717) is 22.8 Å². The number of nitrogens with one attached hydrogen (secondary N) is 2. The Morgan fingerprint density at radius 1 is 0.889 bits per heavy atom. The van der Waals surface area contributed by atoms with Crippen molar-refractivity contribution in [1.29, 1.82) is 0 Å². The summed E-state index contributed by atoms with van der Waals surface area (Å²) in [5, 5.41) is 3.59. The molecule has 8 nitrogen and oxygen atoms in total. The lowest BCUT2D eigenvalue weighted by atomic mass is 10.0. The Balaban J connectivity index is 1.38. The summed E-state index contributed by atoms with van der Waals surface area (Å²) >= 11 is 6.13. The molecule has 4 aromatic rings. The van der Waals surface area contributed by atoms with Crippen LogP contribution in [0.15, 0.2) is 108 Å². The number of aryl methyl sites for hydroxylation is 1. The van der Waals surface area contributed by atoms with Gasteiger partial charge >= 0.3 is 0 Å². The molecule has 0 radical (unpaired) electrons. The summed E-state index contributed by atoms with van der Waals surface area (Å²) in [7, 11) is -1.98. The number of methoxy groups -OCH3 is 1. The third-order valence-corrected chi connectivity index (χ3v) is 9.46. The first kappa shape index (κ1) is 32.2. The van der Waals surface area contributed by atoms with E-state index in [9.17, 15) is 18.0 Å². The number of sulfonamides is 1. The van der Waals surface area contributed by atoms with Crippen LogP contribution in [0.3, 0.4) is 0 Å². The molecule has 0 aromatic heterocycles. The molecule has 0 spiro atoms. The monoisotopic (exact) mass is 645 g/mol. The maximum atomic E-state index is 14.0. The first-order valence-corrected chi connectivity index (χ1v) is 16.7. The smallest absolute Gasteiger partial charge is 0.247 e. The molecule has 0 bridgehead atoms. The summed E-state index contributed by atoms with van der Waals surface area (Å²) in [6, 6.07) is 29.6. The van der Waals surface area contributed by atoms with Crippen LogP contribution < -0.4 is 14.8 Å². The minimum Gasteiger partial charge on any atom is -0.496 e. The van der Waals surface area contributed by atoms with E-state index < -0.39 is 16.1 Å². The maximum Gasteiger partial charge on any atom is 0.247 e. The highest BCUT2D eigenvalue weighted by atomic mass is 35.5. The summed E-state index contributed by atoms with van der Waals surface area (Å²) in [5.74, 6) is 0.107. The van der Waals surface area contributed by atoms with E-state index in [1.165, 1.54) is 0 Å². The number of carbonyl (C=O) groups excluding carboxylic acids is 2.